The molecule has 10 rings (SSSR count). The number of hydrogen-bond donors (Lipinski definition) is 0. The van der Waals surface area contributed by atoms with E-state index in [-0.39, 0.29) is 5.54 Å². The predicted octanol–water partition coefficient (Wildman–Crippen LogP) is 15.0. The average molecular weight is 765 g/mol. The van der Waals surface area contributed by atoms with E-state index in [1.165, 1.54) is 180 Å². The molecule has 2 aliphatic heterocycles. The largest absolute Gasteiger partial charge is 0.366 e. The van der Waals surface area contributed by atoms with Crippen LogP contribution in [0.5, 0.6) is 0 Å². The summed E-state index contributed by atoms with van der Waals surface area (Å²) in [7, 11) is 0. The van der Waals surface area contributed by atoms with Gasteiger partial charge in [-0.3, -0.25) is 4.90 Å². The van der Waals surface area contributed by atoms with Crippen LogP contribution < -0.4 is 0 Å². The molecule has 0 aromatic rings. The van der Waals surface area contributed by atoms with E-state index in [0.29, 0.717) is 16.4 Å². The van der Waals surface area contributed by atoms with Crippen LogP contribution in [0.3, 0.4) is 0 Å². The monoisotopic (exact) mass is 765 g/mol. The van der Waals surface area contributed by atoms with E-state index >= 15 is 0 Å². The van der Waals surface area contributed by atoms with Crippen molar-refractivity contribution in [2.75, 3.05) is 0 Å². The molecule has 0 amide bonds. The minimum absolute atomic E-state index is 0.259. The van der Waals surface area contributed by atoms with Gasteiger partial charge in [0, 0.05) is 46.2 Å². The Morgan fingerprint density at radius 3 is 1.79 bits per heavy atom. The lowest BCUT2D eigenvalue weighted by Crippen LogP contribution is -2.60. The highest BCUT2D eigenvalue weighted by Crippen LogP contribution is 2.68. The Morgan fingerprint density at radius 2 is 1.12 bits per heavy atom. The van der Waals surface area contributed by atoms with Crippen LogP contribution in [0, 0.1) is 52.3 Å². The Kier molecular flexibility index (Phi) is 11.0. The lowest BCUT2D eigenvalue weighted by molar-refractivity contribution is -0.0582. The van der Waals surface area contributed by atoms with Crippen LogP contribution in [-0.2, 0) is 0 Å². The second-order valence-electron chi connectivity index (χ2n) is 24.0. The fraction of sp³-hybridized carbons (Fsp3) is 0.926. The molecular formula is C54H88N2. The van der Waals surface area contributed by atoms with E-state index in [0.717, 1.165) is 59.6 Å². The molecule has 8 atom stereocenters. The second-order valence-corrected chi connectivity index (χ2v) is 24.0. The van der Waals surface area contributed by atoms with E-state index in [1.807, 2.05) is 11.3 Å². The van der Waals surface area contributed by atoms with Crippen LogP contribution in [0.25, 0.3) is 0 Å². The summed E-state index contributed by atoms with van der Waals surface area (Å²) in [6, 6.07) is 2.35. The van der Waals surface area contributed by atoms with Gasteiger partial charge in [-0.05, 0) is 171 Å². The molecule has 0 bridgehead atoms. The summed E-state index contributed by atoms with van der Waals surface area (Å²) < 4.78 is 0. The van der Waals surface area contributed by atoms with Crippen molar-refractivity contribution in [2.45, 2.75) is 262 Å². The minimum atomic E-state index is 0.259. The van der Waals surface area contributed by atoms with E-state index < -0.39 is 0 Å². The minimum Gasteiger partial charge on any atom is -0.366 e. The lowest BCUT2D eigenvalue weighted by atomic mass is 9.54. The molecule has 8 aliphatic carbocycles. The first-order chi connectivity index (χ1) is 27.2. The van der Waals surface area contributed by atoms with Gasteiger partial charge >= 0.3 is 0 Å². The van der Waals surface area contributed by atoms with Gasteiger partial charge in [-0.15, -0.1) is 0 Å². The average Bonchev–Trinajstić information content (AvgIpc) is 3.54. The standard InChI is InChI=1S/C54H88N2/c1-51(2)53(30-16-8-17-31-53)47-36-42(39-20-10-5-11-21-39)26-28-49(47)55(51)45-34-44(41-24-14-7-15-25-41)35-46(38-45)56-50-29-27-43(40-22-12-6-13-23-40)37-48(50)54(52(56,3)4)32-18-9-19-33-54/h20,28,40-48,50H,5-19,21-27,29-38H2,1-4H3. The fourth-order valence-corrected chi connectivity index (χ4v) is 18.9. The van der Waals surface area contributed by atoms with E-state index in [9.17, 15) is 0 Å². The van der Waals surface area contributed by atoms with Gasteiger partial charge < -0.3 is 4.90 Å². The molecule has 56 heavy (non-hydrogen) atoms. The van der Waals surface area contributed by atoms with E-state index in [2.05, 4.69) is 49.6 Å². The molecule has 2 nitrogen and oxygen atoms in total. The van der Waals surface area contributed by atoms with Crippen molar-refractivity contribution in [3.05, 3.63) is 23.4 Å². The number of hydrogen-bond acceptors (Lipinski definition) is 2. The van der Waals surface area contributed by atoms with Gasteiger partial charge in [-0.2, -0.15) is 0 Å². The first-order valence-corrected chi connectivity index (χ1v) is 26.2. The molecule has 10 aliphatic rings. The van der Waals surface area contributed by atoms with Crippen LogP contribution in [0.2, 0.25) is 0 Å². The normalized spacial score (nSPS) is 41.6. The van der Waals surface area contributed by atoms with Gasteiger partial charge in [-0.1, -0.05) is 120 Å². The highest BCUT2D eigenvalue weighted by Gasteiger charge is 2.67. The van der Waals surface area contributed by atoms with Crippen molar-refractivity contribution >= 4 is 0 Å². The van der Waals surface area contributed by atoms with Gasteiger partial charge in [0.2, 0.25) is 0 Å². The number of likely N-dealkylation sites (tertiary alicyclic amines) is 2. The van der Waals surface area contributed by atoms with Gasteiger partial charge in [0.25, 0.3) is 0 Å². The molecule has 0 radical (unpaired) electrons. The molecule has 6 saturated carbocycles. The molecule has 2 heteroatoms. The van der Waals surface area contributed by atoms with Crippen molar-refractivity contribution in [1.29, 1.82) is 0 Å². The van der Waals surface area contributed by atoms with E-state index in [1.54, 1.807) is 25.7 Å². The van der Waals surface area contributed by atoms with Crippen molar-refractivity contribution in [3.63, 3.8) is 0 Å². The summed E-state index contributed by atoms with van der Waals surface area (Å²) in [5.74, 6) is 6.56. The quantitative estimate of drug-likeness (QED) is 0.257. The summed E-state index contributed by atoms with van der Waals surface area (Å²) in [6.07, 6.45) is 53.4. The second kappa shape index (κ2) is 15.6. The summed E-state index contributed by atoms with van der Waals surface area (Å²) >= 11 is 0. The topological polar surface area (TPSA) is 6.48 Å². The molecule has 8 fully saturated rings. The third kappa shape index (κ3) is 6.35. The highest BCUT2D eigenvalue weighted by molar-refractivity contribution is 5.32. The molecule has 0 N–H and O–H groups in total. The molecule has 2 spiro atoms. The Bertz CT molecular complexity index is 1420. The third-order valence-electron chi connectivity index (χ3n) is 21.5. The SMILES string of the molecule is CC1(C)N(C2CC(C3CCCCC3)CC(N3C4CCC(C5CCCCC5)CC4C4(CCCCC4)C3(C)C)C2)C2=CCC(C3=CCCCC3)CC2C12CCCCC2. The maximum Gasteiger partial charge on any atom is 0.0408 e. The van der Waals surface area contributed by atoms with Crippen molar-refractivity contribution in [1.82, 2.24) is 9.80 Å². The number of allylic oxidation sites excluding steroid dienone is 4. The lowest BCUT2D eigenvalue weighted by Gasteiger charge is -2.56. The highest BCUT2D eigenvalue weighted by atomic mass is 15.3. The van der Waals surface area contributed by atoms with Crippen LogP contribution >= 0.6 is 0 Å². The molecule has 0 aromatic carbocycles. The van der Waals surface area contributed by atoms with Gasteiger partial charge in [0.1, 0.15) is 0 Å². The predicted molar refractivity (Wildman–Crippen MR) is 236 cm³/mol. The zero-order valence-corrected chi connectivity index (χ0v) is 37.5. The van der Waals surface area contributed by atoms with Crippen molar-refractivity contribution in [2.24, 2.45) is 52.3 Å². The molecule has 2 heterocycles. The molecule has 0 aromatic heterocycles. The van der Waals surface area contributed by atoms with Crippen LogP contribution in [0.1, 0.15) is 233 Å². The number of fused-ring (bicyclic) bond motifs is 4. The molecular weight excluding hydrogens is 677 g/mol. The number of rotatable bonds is 5. The Labute approximate surface area is 346 Å². The zero-order chi connectivity index (χ0) is 38.1. The Balaban J connectivity index is 1.01. The van der Waals surface area contributed by atoms with Crippen molar-refractivity contribution < 1.29 is 0 Å². The maximum absolute atomic E-state index is 3.43. The molecule has 2 saturated heterocycles. The third-order valence-corrected chi connectivity index (χ3v) is 21.5. The first kappa shape index (κ1) is 39.4. The van der Waals surface area contributed by atoms with Gasteiger partial charge in [0.05, 0.1) is 0 Å². The Morgan fingerprint density at radius 1 is 0.500 bits per heavy atom. The molecule has 314 valence electrons. The van der Waals surface area contributed by atoms with Gasteiger partial charge in [-0.25, -0.2) is 0 Å². The first-order valence-electron chi connectivity index (χ1n) is 26.2. The van der Waals surface area contributed by atoms with Crippen LogP contribution in [0.4, 0.5) is 0 Å². The van der Waals surface area contributed by atoms with Gasteiger partial charge in [0.15, 0.2) is 0 Å². The van der Waals surface area contributed by atoms with Crippen molar-refractivity contribution in [3.8, 4) is 0 Å². The smallest absolute Gasteiger partial charge is 0.0408 e. The van der Waals surface area contributed by atoms with Crippen LogP contribution in [-0.4, -0.2) is 39.0 Å². The fourth-order valence-electron chi connectivity index (χ4n) is 18.9. The summed E-state index contributed by atoms with van der Waals surface area (Å²) in [5, 5.41) is 0. The summed E-state index contributed by atoms with van der Waals surface area (Å²) in [6.45, 7) is 11.3. The number of nitrogens with zero attached hydrogens (tertiary/aromatic N) is 2. The Hall–Kier alpha value is -0.760. The maximum atomic E-state index is 3.43. The molecule has 8 unspecified atom stereocenters. The zero-order valence-electron chi connectivity index (χ0n) is 37.5. The van der Waals surface area contributed by atoms with E-state index in [4.69, 9.17) is 0 Å². The summed E-state index contributed by atoms with van der Waals surface area (Å²) in [4.78, 5) is 6.73. The van der Waals surface area contributed by atoms with Crippen LogP contribution in [0.15, 0.2) is 23.4 Å². The summed E-state index contributed by atoms with van der Waals surface area (Å²) in [5.41, 5.74) is 5.36.